The Kier molecular flexibility index (Phi) is 3.75. The molecule has 1 aliphatic carbocycles. The molecule has 0 N–H and O–H groups in total. The summed E-state index contributed by atoms with van der Waals surface area (Å²) in [7, 11) is 0. The van der Waals surface area contributed by atoms with Gasteiger partial charge in [-0.05, 0) is 43.7 Å². The van der Waals surface area contributed by atoms with Gasteiger partial charge in [0.15, 0.2) is 0 Å². The van der Waals surface area contributed by atoms with Gasteiger partial charge in [-0.3, -0.25) is 0 Å². The van der Waals surface area contributed by atoms with Crippen molar-refractivity contribution in [3.05, 3.63) is 57.6 Å². The molecule has 3 heteroatoms. The predicted octanol–water partition coefficient (Wildman–Crippen LogP) is 4.27. The second-order valence-corrected chi connectivity index (χ2v) is 5.86. The average Bonchev–Trinajstić information content (AvgIpc) is 2.49. The van der Waals surface area contributed by atoms with Crippen molar-refractivity contribution in [2.24, 2.45) is 0 Å². The van der Waals surface area contributed by atoms with Gasteiger partial charge in [-0.2, -0.15) is 0 Å². The molecule has 1 aromatic heterocycles. The predicted molar refractivity (Wildman–Crippen MR) is 82.4 cm³/mol. The number of nitrogens with zero attached hydrogens (tertiary/aromatic N) is 2. The number of aromatic nitrogens is 2. The average molecular weight is 287 g/mol. The molecule has 1 aromatic carbocycles. The fourth-order valence-electron chi connectivity index (χ4n) is 3.00. The second-order valence-electron chi connectivity index (χ2n) is 5.51. The number of rotatable bonds is 2. The number of aryl methyl sites for hydroxylation is 2. The van der Waals surface area contributed by atoms with E-state index in [-0.39, 0.29) is 0 Å². The lowest BCUT2D eigenvalue weighted by Gasteiger charge is -2.24. The van der Waals surface area contributed by atoms with E-state index >= 15 is 0 Å². The van der Waals surface area contributed by atoms with Crippen LogP contribution in [0, 0.1) is 6.92 Å². The van der Waals surface area contributed by atoms with Gasteiger partial charge in [0, 0.05) is 17.2 Å². The number of halogens is 1. The normalized spacial score (nSPS) is 17.9. The van der Waals surface area contributed by atoms with Gasteiger partial charge in [0.05, 0.1) is 0 Å². The van der Waals surface area contributed by atoms with Crippen molar-refractivity contribution in [1.82, 2.24) is 9.97 Å². The highest BCUT2D eigenvalue weighted by Crippen LogP contribution is 2.32. The van der Waals surface area contributed by atoms with Crippen LogP contribution in [0.15, 0.2) is 24.3 Å². The lowest BCUT2D eigenvalue weighted by atomic mass is 9.83. The summed E-state index contributed by atoms with van der Waals surface area (Å²) in [5, 5.41) is 0.616. The zero-order chi connectivity index (χ0) is 14.1. The van der Waals surface area contributed by atoms with E-state index in [1.54, 1.807) is 0 Å². The summed E-state index contributed by atoms with van der Waals surface area (Å²) < 4.78 is 0. The van der Waals surface area contributed by atoms with Crippen molar-refractivity contribution in [1.29, 1.82) is 0 Å². The summed E-state index contributed by atoms with van der Waals surface area (Å²) in [6.45, 7) is 4.12. The van der Waals surface area contributed by atoms with Gasteiger partial charge in [-0.25, -0.2) is 9.97 Å². The van der Waals surface area contributed by atoms with Gasteiger partial charge in [0.1, 0.15) is 11.0 Å². The van der Waals surface area contributed by atoms with Crippen molar-refractivity contribution in [3.63, 3.8) is 0 Å². The zero-order valence-corrected chi connectivity index (χ0v) is 12.7. The molecular weight excluding hydrogens is 268 g/mol. The minimum atomic E-state index is 0.397. The number of benzene rings is 1. The van der Waals surface area contributed by atoms with Gasteiger partial charge in [0.25, 0.3) is 0 Å². The summed E-state index contributed by atoms with van der Waals surface area (Å²) in [5.41, 5.74) is 5.01. The minimum absolute atomic E-state index is 0.397. The second kappa shape index (κ2) is 5.53. The molecule has 0 saturated carbocycles. The Morgan fingerprint density at radius 2 is 1.95 bits per heavy atom. The highest BCUT2D eigenvalue weighted by molar-refractivity contribution is 6.30. The monoisotopic (exact) mass is 286 g/mol. The molecule has 0 fully saturated rings. The van der Waals surface area contributed by atoms with Crippen molar-refractivity contribution in [3.8, 4) is 0 Å². The summed E-state index contributed by atoms with van der Waals surface area (Å²) in [6, 6.07) is 8.68. The van der Waals surface area contributed by atoms with E-state index in [0.717, 1.165) is 42.8 Å². The SMILES string of the molecule is CCc1nc(C2CCc3ccccc3C2)nc(Cl)c1C. The van der Waals surface area contributed by atoms with Gasteiger partial charge in [-0.1, -0.05) is 42.8 Å². The number of hydrogen-bond donors (Lipinski definition) is 0. The maximum absolute atomic E-state index is 6.27. The molecule has 1 aliphatic rings. The molecule has 0 radical (unpaired) electrons. The number of hydrogen-bond acceptors (Lipinski definition) is 2. The van der Waals surface area contributed by atoms with E-state index in [4.69, 9.17) is 16.6 Å². The lowest BCUT2D eigenvalue weighted by molar-refractivity contribution is 0.551. The quantitative estimate of drug-likeness (QED) is 0.770. The third kappa shape index (κ3) is 2.45. The summed E-state index contributed by atoms with van der Waals surface area (Å²) in [4.78, 5) is 9.28. The Morgan fingerprint density at radius 3 is 2.70 bits per heavy atom. The zero-order valence-electron chi connectivity index (χ0n) is 12.0. The third-order valence-corrected chi connectivity index (χ3v) is 4.62. The van der Waals surface area contributed by atoms with Crippen molar-refractivity contribution in [2.45, 2.75) is 45.4 Å². The first-order valence-corrected chi connectivity index (χ1v) is 7.66. The number of fused-ring (bicyclic) bond motifs is 1. The van der Waals surface area contributed by atoms with Gasteiger partial charge in [-0.15, -0.1) is 0 Å². The third-order valence-electron chi connectivity index (χ3n) is 4.25. The van der Waals surface area contributed by atoms with Crippen LogP contribution in [0.2, 0.25) is 5.15 Å². The van der Waals surface area contributed by atoms with Gasteiger partial charge >= 0.3 is 0 Å². The summed E-state index contributed by atoms with van der Waals surface area (Å²) in [6.07, 6.45) is 4.15. The molecule has 20 heavy (non-hydrogen) atoms. The molecular formula is C17H19ClN2. The largest absolute Gasteiger partial charge is 0.237 e. The first-order chi connectivity index (χ1) is 9.69. The van der Waals surface area contributed by atoms with Crippen molar-refractivity contribution in [2.75, 3.05) is 0 Å². The molecule has 0 amide bonds. The minimum Gasteiger partial charge on any atom is -0.237 e. The first kappa shape index (κ1) is 13.6. The Morgan fingerprint density at radius 1 is 1.20 bits per heavy atom. The Balaban J connectivity index is 1.93. The van der Waals surface area contributed by atoms with Crippen LogP contribution in [-0.4, -0.2) is 9.97 Å². The van der Waals surface area contributed by atoms with E-state index in [1.165, 1.54) is 11.1 Å². The van der Waals surface area contributed by atoms with E-state index in [9.17, 15) is 0 Å². The highest BCUT2D eigenvalue weighted by atomic mass is 35.5. The molecule has 0 spiro atoms. The molecule has 2 nitrogen and oxygen atoms in total. The maximum atomic E-state index is 6.27. The van der Waals surface area contributed by atoms with Crippen LogP contribution < -0.4 is 0 Å². The van der Waals surface area contributed by atoms with E-state index in [0.29, 0.717) is 11.1 Å². The smallest absolute Gasteiger partial charge is 0.135 e. The molecule has 0 bridgehead atoms. The lowest BCUT2D eigenvalue weighted by Crippen LogP contribution is -2.16. The fourth-order valence-corrected chi connectivity index (χ4v) is 3.19. The summed E-state index contributed by atoms with van der Waals surface area (Å²) in [5.74, 6) is 1.32. The molecule has 1 heterocycles. The van der Waals surface area contributed by atoms with E-state index < -0.39 is 0 Å². The van der Waals surface area contributed by atoms with Gasteiger partial charge < -0.3 is 0 Å². The Hall–Kier alpha value is -1.41. The van der Waals surface area contributed by atoms with Crippen LogP contribution in [0.1, 0.15) is 47.5 Å². The van der Waals surface area contributed by atoms with Crippen LogP contribution in [-0.2, 0) is 19.3 Å². The molecule has 104 valence electrons. The molecule has 0 aliphatic heterocycles. The van der Waals surface area contributed by atoms with Crippen LogP contribution in [0.3, 0.4) is 0 Å². The molecule has 0 saturated heterocycles. The Bertz CT molecular complexity index is 637. The molecule has 1 atom stereocenters. The van der Waals surface area contributed by atoms with Crippen LogP contribution in [0.4, 0.5) is 0 Å². The Labute approximate surface area is 125 Å². The highest BCUT2D eigenvalue weighted by Gasteiger charge is 2.23. The van der Waals surface area contributed by atoms with Crippen molar-refractivity contribution >= 4 is 11.6 Å². The molecule has 1 unspecified atom stereocenters. The fraction of sp³-hybridized carbons (Fsp3) is 0.412. The standard InChI is InChI=1S/C17H19ClN2/c1-3-15-11(2)16(18)20-17(19-15)14-9-8-12-6-4-5-7-13(12)10-14/h4-7,14H,3,8-10H2,1-2H3. The molecule has 3 rings (SSSR count). The first-order valence-electron chi connectivity index (χ1n) is 7.28. The van der Waals surface area contributed by atoms with Gasteiger partial charge in [0.2, 0.25) is 0 Å². The topological polar surface area (TPSA) is 25.8 Å². The van der Waals surface area contributed by atoms with Crippen molar-refractivity contribution < 1.29 is 0 Å². The van der Waals surface area contributed by atoms with Crippen LogP contribution in [0.5, 0.6) is 0 Å². The van der Waals surface area contributed by atoms with Crippen LogP contribution in [0.25, 0.3) is 0 Å². The van der Waals surface area contributed by atoms with E-state index in [2.05, 4.69) is 36.2 Å². The maximum Gasteiger partial charge on any atom is 0.135 e. The van der Waals surface area contributed by atoms with Crippen LogP contribution >= 0.6 is 11.6 Å². The molecule has 2 aromatic rings. The summed E-state index contributed by atoms with van der Waals surface area (Å²) >= 11 is 6.27. The van der Waals surface area contributed by atoms with E-state index in [1.807, 2.05) is 6.92 Å².